The Morgan fingerprint density at radius 2 is 1.73 bits per heavy atom. The molecule has 254 valence electrons. The number of hydrogen-bond acceptors (Lipinski definition) is 5. The Kier molecular flexibility index (Phi) is 11.9. The predicted molar refractivity (Wildman–Crippen MR) is 211 cm³/mol. The van der Waals surface area contributed by atoms with Gasteiger partial charge >= 0.3 is 11.9 Å². The number of nitrogens with zero attached hydrogens (tertiary/aromatic N) is 2. The van der Waals surface area contributed by atoms with E-state index in [1.807, 2.05) is 98.0 Å². The maximum atomic E-state index is 13.1. The third-order valence-corrected chi connectivity index (χ3v) is 9.43. The summed E-state index contributed by atoms with van der Waals surface area (Å²) in [6.45, 7) is 6.29. The molecular weight excluding hydrogens is 677 g/mol. The molecule has 51 heavy (non-hydrogen) atoms. The second kappa shape index (κ2) is 16.6. The maximum absolute atomic E-state index is 13.1. The number of amides is 1. The van der Waals surface area contributed by atoms with Crippen LogP contribution in [-0.2, 0) is 14.4 Å². The summed E-state index contributed by atoms with van der Waals surface area (Å²) in [5, 5.41) is 19.6. The molecule has 2 N–H and O–H groups in total. The average Bonchev–Trinajstić information content (AvgIpc) is 3.59. The first-order valence-corrected chi connectivity index (χ1v) is 17.2. The molecule has 1 aliphatic heterocycles. The highest BCUT2D eigenvalue weighted by molar-refractivity contribution is 8.26. The zero-order valence-electron chi connectivity index (χ0n) is 27.7. The van der Waals surface area contributed by atoms with Crippen molar-refractivity contribution in [1.29, 1.82) is 0 Å². The van der Waals surface area contributed by atoms with Crippen LogP contribution in [0, 0.1) is 12.3 Å². The summed E-state index contributed by atoms with van der Waals surface area (Å²) < 4.78 is 2.09. The van der Waals surface area contributed by atoms with E-state index in [0.29, 0.717) is 12.0 Å². The van der Waals surface area contributed by atoms with Crippen LogP contribution in [0.1, 0.15) is 42.1 Å². The molecule has 3 aromatic carbocycles. The van der Waals surface area contributed by atoms with Crippen molar-refractivity contribution < 1.29 is 24.6 Å². The second-order valence-corrected chi connectivity index (χ2v) is 13.1. The van der Waals surface area contributed by atoms with Gasteiger partial charge in [-0.25, -0.2) is 4.79 Å². The van der Waals surface area contributed by atoms with E-state index in [9.17, 15) is 19.5 Å². The van der Waals surface area contributed by atoms with E-state index >= 15 is 0 Å². The van der Waals surface area contributed by atoms with E-state index in [-0.39, 0.29) is 9.23 Å². The minimum absolute atomic E-state index is 0.00207. The molecule has 1 unspecified atom stereocenters. The van der Waals surface area contributed by atoms with Crippen LogP contribution in [0.25, 0.3) is 34.3 Å². The van der Waals surface area contributed by atoms with E-state index < -0.39 is 30.3 Å². The van der Waals surface area contributed by atoms with Gasteiger partial charge in [0.1, 0.15) is 10.4 Å². The molecule has 0 saturated carbocycles. The Balaban J connectivity index is 1.47. The molecule has 1 aliphatic rings. The van der Waals surface area contributed by atoms with Crippen LogP contribution in [0.2, 0.25) is 0 Å². The van der Waals surface area contributed by atoms with E-state index in [4.69, 9.17) is 23.7 Å². The molecular formula is C42H34N2O5S2. The third-order valence-electron chi connectivity index (χ3n) is 8.05. The van der Waals surface area contributed by atoms with Crippen LogP contribution in [0.15, 0.2) is 132 Å². The van der Waals surface area contributed by atoms with Gasteiger partial charge in [-0.1, -0.05) is 134 Å². The van der Waals surface area contributed by atoms with Crippen molar-refractivity contribution in [2.75, 3.05) is 0 Å². The highest BCUT2D eigenvalue weighted by Crippen LogP contribution is 2.35. The minimum Gasteiger partial charge on any atom is -0.481 e. The molecule has 1 aromatic heterocycles. The molecule has 9 heteroatoms. The van der Waals surface area contributed by atoms with Gasteiger partial charge in [0.05, 0.1) is 28.1 Å². The minimum atomic E-state index is -1.59. The number of thiocarbonyl (C=S) groups is 1. The number of terminal acetylenes is 1. The number of para-hydroxylation sites is 1. The van der Waals surface area contributed by atoms with Crippen LogP contribution in [0.3, 0.4) is 0 Å². The number of carboxylic acids is 2. The van der Waals surface area contributed by atoms with Crippen LogP contribution in [0.4, 0.5) is 0 Å². The Bertz CT molecular complexity index is 2210. The number of benzene rings is 3. The summed E-state index contributed by atoms with van der Waals surface area (Å²) in [6, 6.07) is 24.6. The molecule has 0 radical (unpaired) electrons. The Hall–Kier alpha value is -5.95. The number of rotatable bonds is 13. The average molecular weight is 711 g/mol. The van der Waals surface area contributed by atoms with Gasteiger partial charge in [0, 0.05) is 11.1 Å². The fourth-order valence-electron chi connectivity index (χ4n) is 5.68. The van der Waals surface area contributed by atoms with Crippen molar-refractivity contribution in [2.45, 2.75) is 25.8 Å². The summed E-state index contributed by atoms with van der Waals surface area (Å²) in [5.41, 5.74) is 7.27. The SMILES string of the molecule is C#Cc1c(/C=C\C/C=C2\SC(=S)N(C(CC(=O)O)C(=O)O)C2=O)n(-c2ccc(/C=C(\C(=C)/C=C\C=C/C)c3ccccc3)cc2)c2ccccc12. The van der Waals surface area contributed by atoms with E-state index in [1.54, 1.807) is 6.08 Å². The van der Waals surface area contributed by atoms with Gasteiger partial charge in [0.2, 0.25) is 0 Å². The molecule has 0 aliphatic carbocycles. The lowest BCUT2D eigenvalue weighted by Crippen LogP contribution is -2.45. The van der Waals surface area contributed by atoms with Crippen molar-refractivity contribution in [1.82, 2.24) is 9.47 Å². The normalized spacial score (nSPS) is 15.1. The smallest absolute Gasteiger partial charge is 0.327 e. The standard InChI is InChI=1S/C42H34N2O5S2/c1-4-6-8-15-28(3)34(30-16-9-7-10-17-30)26-29-22-24-31(25-23-29)43-35(32(5-2)33-18-11-12-20-36(33)43)19-13-14-21-38-40(47)44(42(50)51-38)37(41(48)49)27-39(45)46/h2,4,6-13,15-26,37H,3,14,27H2,1H3,(H,45,46)(H,48,49)/b6-4-,15-8-,19-13-,34-26+,38-21-. The van der Waals surface area contributed by atoms with Gasteiger partial charge in [-0.05, 0) is 66.0 Å². The van der Waals surface area contributed by atoms with Crippen molar-refractivity contribution >= 4 is 74.8 Å². The molecule has 2 heterocycles. The number of thioether (sulfide) groups is 1. The first kappa shape index (κ1) is 36.3. The van der Waals surface area contributed by atoms with E-state index in [0.717, 1.165) is 61.2 Å². The molecule has 1 saturated heterocycles. The van der Waals surface area contributed by atoms with Gasteiger partial charge in [-0.3, -0.25) is 14.5 Å². The van der Waals surface area contributed by atoms with Gasteiger partial charge in [-0.2, -0.15) is 0 Å². The summed E-state index contributed by atoms with van der Waals surface area (Å²) in [7, 11) is 0. The molecule has 7 nitrogen and oxygen atoms in total. The molecule has 4 aromatic rings. The monoisotopic (exact) mass is 710 g/mol. The van der Waals surface area contributed by atoms with Crippen LogP contribution in [0.5, 0.6) is 0 Å². The fourth-order valence-corrected chi connectivity index (χ4v) is 7.02. The predicted octanol–water partition coefficient (Wildman–Crippen LogP) is 8.92. The summed E-state index contributed by atoms with van der Waals surface area (Å²) >= 11 is 6.19. The number of hydrogen-bond donors (Lipinski definition) is 2. The molecule has 0 spiro atoms. The lowest BCUT2D eigenvalue weighted by atomic mass is 9.96. The van der Waals surface area contributed by atoms with Crippen molar-refractivity contribution in [3.8, 4) is 18.0 Å². The van der Waals surface area contributed by atoms with Gasteiger partial charge in [-0.15, -0.1) is 6.42 Å². The number of carboxylic acid groups (broad SMARTS) is 2. The Morgan fingerprint density at radius 3 is 2.39 bits per heavy atom. The summed E-state index contributed by atoms with van der Waals surface area (Å²) in [6.07, 6.45) is 21.0. The van der Waals surface area contributed by atoms with Crippen molar-refractivity contribution in [3.05, 3.63) is 155 Å². The number of carbonyl (C=O) groups is 3. The first-order chi connectivity index (χ1) is 24.6. The summed E-state index contributed by atoms with van der Waals surface area (Å²) in [5.74, 6) is -0.558. The van der Waals surface area contributed by atoms with Gasteiger partial charge < -0.3 is 14.8 Å². The molecule has 0 bridgehead atoms. The zero-order valence-corrected chi connectivity index (χ0v) is 29.4. The topological polar surface area (TPSA) is 99.8 Å². The number of aromatic nitrogens is 1. The molecule has 1 atom stereocenters. The van der Waals surface area contributed by atoms with Crippen molar-refractivity contribution in [2.24, 2.45) is 0 Å². The molecule has 1 amide bonds. The number of aliphatic carboxylic acids is 2. The fraction of sp³-hybridized carbons (Fsp3) is 0.0952. The first-order valence-electron chi connectivity index (χ1n) is 16.0. The van der Waals surface area contributed by atoms with E-state index in [2.05, 4.69) is 47.4 Å². The van der Waals surface area contributed by atoms with Crippen molar-refractivity contribution in [3.63, 3.8) is 0 Å². The Labute approximate surface area is 306 Å². The maximum Gasteiger partial charge on any atom is 0.327 e. The molecule has 5 rings (SSSR count). The van der Waals surface area contributed by atoms with Gasteiger partial charge in [0.25, 0.3) is 5.91 Å². The summed E-state index contributed by atoms with van der Waals surface area (Å²) in [4.78, 5) is 37.1. The number of allylic oxidation sites excluding steroid dienone is 8. The highest BCUT2D eigenvalue weighted by Gasteiger charge is 2.41. The Morgan fingerprint density at radius 1 is 1.02 bits per heavy atom. The van der Waals surface area contributed by atoms with Crippen LogP contribution in [-0.4, -0.2) is 47.9 Å². The van der Waals surface area contributed by atoms with Crippen LogP contribution >= 0.6 is 24.0 Å². The third kappa shape index (κ3) is 8.27. The largest absolute Gasteiger partial charge is 0.481 e. The van der Waals surface area contributed by atoms with E-state index in [1.165, 1.54) is 0 Å². The second-order valence-electron chi connectivity index (χ2n) is 11.4. The quantitative estimate of drug-likeness (QED) is 0.0470. The number of fused-ring (bicyclic) bond motifs is 1. The van der Waals surface area contributed by atoms with Gasteiger partial charge in [0.15, 0.2) is 0 Å². The lowest BCUT2D eigenvalue weighted by molar-refractivity contribution is -0.150. The molecule has 1 fully saturated rings. The zero-order chi connectivity index (χ0) is 36.5. The van der Waals surface area contributed by atoms with Crippen LogP contribution < -0.4 is 0 Å². The highest BCUT2D eigenvalue weighted by atomic mass is 32.2. The number of carbonyl (C=O) groups excluding carboxylic acids is 1. The lowest BCUT2D eigenvalue weighted by Gasteiger charge is -2.21.